The van der Waals surface area contributed by atoms with Crippen molar-refractivity contribution in [2.24, 2.45) is 5.41 Å². The van der Waals surface area contributed by atoms with Crippen molar-refractivity contribution < 1.29 is 37.4 Å². The molecule has 11 heteroatoms. The van der Waals surface area contributed by atoms with E-state index in [2.05, 4.69) is 11.7 Å². The van der Waals surface area contributed by atoms with E-state index in [0.29, 0.717) is 38.8 Å². The van der Waals surface area contributed by atoms with Crippen LogP contribution in [0.2, 0.25) is 0 Å². The van der Waals surface area contributed by atoms with Crippen LogP contribution in [0, 0.1) is 5.41 Å². The van der Waals surface area contributed by atoms with Gasteiger partial charge in [0.05, 0.1) is 5.54 Å². The van der Waals surface area contributed by atoms with Crippen molar-refractivity contribution in [1.82, 2.24) is 14.7 Å². The molecule has 2 saturated carbocycles. The van der Waals surface area contributed by atoms with Gasteiger partial charge in [0.15, 0.2) is 0 Å². The van der Waals surface area contributed by atoms with Crippen molar-refractivity contribution in [3.05, 3.63) is 29.8 Å². The third-order valence-corrected chi connectivity index (χ3v) is 8.66. The summed E-state index contributed by atoms with van der Waals surface area (Å²) in [5, 5.41) is 9.37. The molecule has 37 heavy (non-hydrogen) atoms. The van der Waals surface area contributed by atoms with Gasteiger partial charge in [-0.05, 0) is 75.7 Å². The Labute approximate surface area is 214 Å². The van der Waals surface area contributed by atoms with Gasteiger partial charge in [-0.2, -0.15) is 13.2 Å². The van der Waals surface area contributed by atoms with Gasteiger partial charge in [-0.1, -0.05) is 25.5 Å². The number of carbonyl (C=O) groups is 3. The number of esters is 1. The predicted molar refractivity (Wildman–Crippen MR) is 128 cm³/mol. The van der Waals surface area contributed by atoms with Gasteiger partial charge in [0.1, 0.15) is 12.3 Å². The second kappa shape index (κ2) is 9.49. The molecule has 1 aromatic carbocycles. The lowest BCUT2D eigenvalue weighted by Crippen LogP contribution is -2.57. The fourth-order valence-electron chi connectivity index (χ4n) is 6.29. The molecule has 2 amide bonds. The molecule has 3 fully saturated rings. The Bertz CT molecular complexity index is 1060. The SMILES string of the molecule is CN(C)C1(c2cccc(OC(=O)C(F)(F)F)c2)CCC2(CC1)CN(CC(=O)O)C(=O)N2CC1(C)CCC1. The average molecular weight is 526 g/mol. The number of alkyl halides is 3. The lowest BCUT2D eigenvalue weighted by atomic mass is 9.66. The van der Waals surface area contributed by atoms with Gasteiger partial charge in [-0.15, -0.1) is 0 Å². The molecule has 0 aromatic heterocycles. The number of nitrogens with zero attached hydrogens (tertiary/aromatic N) is 3. The molecule has 1 heterocycles. The monoisotopic (exact) mass is 525 g/mol. The quantitative estimate of drug-likeness (QED) is 0.423. The van der Waals surface area contributed by atoms with E-state index in [4.69, 9.17) is 0 Å². The molecule has 1 aromatic rings. The van der Waals surface area contributed by atoms with Crippen LogP contribution >= 0.6 is 0 Å². The molecule has 2 aliphatic carbocycles. The summed E-state index contributed by atoms with van der Waals surface area (Å²) < 4.78 is 42.8. The molecule has 0 radical (unpaired) electrons. The maximum Gasteiger partial charge on any atom is 0.491 e. The van der Waals surface area contributed by atoms with Gasteiger partial charge in [-0.3, -0.25) is 9.69 Å². The maximum absolute atomic E-state index is 13.4. The molecule has 1 saturated heterocycles. The zero-order chi connectivity index (χ0) is 27.2. The molecule has 0 atom stereocenters. The van der Waals surface area contributed by atoms with Gasteiger partial charge in [-0.25, -0.2) is 9.59 Å². The second-order valence-electron chi connectivity index (χ2n) is 11.3. The van der Waals surface area contributed by atoms with Crippen LogP contribution in [-0.4, -0.2) is 83.2 Å². The molecule has 1 aliphatic heterocycles. The molecule has 0 bridgehead atoms. The predicted octanol–water partition coefficient (Wildman–Crippen LogP) is 4.24. The number of halogens is 3. The normalized spacial score (nSPS) is 27.5. The minimum Gasteiger partial charge on any atom is -0.480 e. The summed E-state index contributed by atoms with van der Waals surface area (Å²) in [5.74, 6) is -3.50. The van der Waals surface area contributed by atoms with Crippen LogP contribution in [0.3, 0.4) is 0 Å². The van der Waals surface area contributed by atoms with E-state index in [0.717, 1.165) is 24.8 Å². The number of rotatable bonds is 7. The van der Waals surface area contributed by atoms with Crippen molar-refractivity contribution in [3.8, 4) is 5.75 Å². The number of hydrogen-bond acceptors (Lipinski definition) is 5. The summed E-state index contributed by atoms with van der Waals surface area (Å²) in [4.78, 5) is 41.5. The highest BCUT2D eigenvalue weighted by molar-refractivity contribution is 5.83. The van der Waals surface area contributed by atoms with Crippen molar-refractivity contribution in [3.63, 3.8) is 0 Å². The lowest BCUT2D eigenvalue weighted by molar-refractivity contribution is -0.189. The smallest absolute Gasteiger partial charge is 0.480 e. The molecule has 8 nitrogen and oxygen atoms in total. The first-order chi connectivity index (χ1) is 17.2. The van der Waals surface area contributed by atoms with Crippen LogP contribution in [-0.2, 0) is 15.1 Å². The lowest BCUT2D eigenvalue weighted by Gasteiger charge is -2.53. The third-order valence-electron chi connectivity index (χ3n) is 8.66. The fraction of sp³-hybridized carbons (Fsp3) is 0.654. The topological polar surface area (TPSA) is 90.4 Å². The Kier molecular flexibility index (Phi) is 6.98. The molecule has 4 rings (SSSR count). The van der Waals surface area contributed by atoms with E-state index >= 15 is 0 Å². The number of urea groups is 1. The molecule has 3 aliphatic rings. The number of benzene rings is 1. The summed E-state index contributed by atoms with van der Waals surface area (Å²) in [6, 6.07) is 5.94. The standard InChI is InChI=1S/C26H34F3N3O5/c1-23(8-5-9-23)16-32-22(36)31(15-20(33)34)17-24(32)10-12-25(13-11-24,30(2)3)18-6-4-7-19(14-18)37-21(35)26(27,28)29/h4,6-7,14H,5,8-13,15-17H2,1-3H3,(H,33,34). The van der Waals surface area contributed by atoms with Crippen LogP contribution in [0.1, 0.15) is 57.4 Å². The summed E-state index contributed by atoms with van der Waals surface area (Å²) >= 11 is 0. The summed E-state index contributed by atoms with van der Waals surface area (Å²) in [6.45, 7) is 2.73. The molecule has 1 N–H and O–H groups in total. The number of carboxylic acid groups (broad SMARTS) is 1. The first kappa shape index (κ1) is 27.2. The Morgan fingerprint density at radius 2 is 1.76 bits per heavy atom. The Balaban J connectivity index is 1.60. The molecular formula is C26H34F3N3O5. The van der Waals surface area contributed by atoms with E-state index < -0.39 is 29.2 Å². The van der Waals surface area contributed by atoms with E-state index in [1.54, 1.807) is 6.07 Å². The highest BCUT2D eigenvalue weighted by atomic mass is 19.4. The molecule has 0 unspecified atom stereocenters. The molecule has 204 valence electrons. The summed E-state index contributed by atoms with van der Waals surface area (Å²) in [6.07, 6.45) is 0.475. The van der Waals surface area contributed by atoms with Crippen LogP contribution in [0.5, 0.6) is 5.75 Å². The summed E-state index contributed by atoms with van der Waals surface area (Å²) in [5.41, 5.74) is -0.315. The number of carbonyl (C=O) groups excluding carboxylic acids is 2. The second-order valence-corrected chi connectivity index (χ2v) is 11.3. The first-order valence-electron chi connectivity index (χ1n) is 12.6. The van der Waals surface area contributed by atoms with Gasteiger partial charge in [0.2, 0.25) is 0 Å². The van der Waals surface area contributed by atoms with Gasteiger partial charge in [0.25, 0.3) is 0 Å². The third kappa shape index (κ3) is 5.15. The van der Waals surface area contributed by atoms with Crippen LogP contribution < -0.4 is 4.74 Å². The van der Waals surface area contributed by atoms with Crippen molar-refractivity contribution >= 4 is 18.0 Å². The van der Waals surface area contributed by atoms with E-state index in [9.17, 15) is 32.7 Å². The van der Waals surface area contributed by atoms with Crippen LogP contribution in [0.15, 0.2) is 24.3 Å². The van der Waals surface area contributed by atoms with E-state index in [-0.39, 0.29) is 23.7 Å². The molecule has 1 spiro atoms. The van der Waals surface area contributed by atoms with Gasteiger partial charge < -0.3 is 19.6 Å². The zero-order valence-corrected chi connectivity index (χ0v) is 21.4. The maximum atomic E-state index is 13.4. The van der Waals surface area contributed by atoms with E-state index in [1.165, 1.54) is 17.0 Å². The van der Waals surface area contributed by atoms with Crippen molar-refractivity contribution in [2.75, 3.05) is 33.7 Å². The van der Waals surface area contributed by atoms with Crippen LogP contribution in [0.4, 0.5) is 18.0 Å². The first-order valence-corrected chi connectivity index (χ1v) is 12.6. The largest absolute Gasteiger partial charge is 0.491 e. The Morgan fingerprint density at radius 1 is 1.11 bits per heavy atom. The minimum absolute atomic E-state index is 0.0225. The minimum atomic E-state index is -5.09. The fourth-order valence-corrected chi connectivity index (χ4v) is 6.29. The van der Waals surface area contributed by atoms with E-state index in [1.807, 2.05) is 30.0 Å². The number of hydrogen-bond donors (Lipinski definition) is 1. The number of carboxylic acids is 1. The molecular weight excluding hydrogens is 491 g/mol. The Morgan fingerprint density at radius 3 is 2.27 bits per heavy atom. The number of aliphatic carboxylic acids is 1. The Hall–Kier alpha value is -2.82. The zero-order valence-electron chi connectivity index (χ0n) is 21.4. The van der Waals surface area contributed by atoms with Crippen molar-refractivity contribution in [2.45, 2.75) is 69.1 Å². The number of amides is 2. The number of ether oxygens (including phenoxy) is 1. The van der Waals surface area contributed by atoms with Crippen molar-refractivity contribution in [1.29, 1.82) is 0 Å². The highest BCUT2D eigenvalue weighted by Crippen LogP contribution is 2.51. The van der Waals surface area contributed by atoms with Gasteiger partial charge in [0, 0.05) is 18.6 Å². The van der Waals surface area contributed by atoms with Crippen LogP contribution in [0.25, 0.3) is 0 Å². The van der Waals surface area contributed by atoms with Gasteiger partial charge >= 0.3 is 24.1 Å². The average Bonchev–Trinajstić information content (AvgIpc) is 3.03. The summed E-state index contributed by atoms with van der Waals surface area (Å²) in [7, 11) is 3.80. The highest BCUT2D eigenvalue weighted by Gasteiger charge is 2.56.